The molecular weight excluding hydrogens is 350 g/mol. The van der Waals surface area contributed by atoms with Gasteiger partial charge in [0.25, 0.3) is 0 Å². The van der Waals surface area contributed by atoms with Gasteiger partial charge < -0.3 is 9.84 Å². The molecule has 0 amide bonds. The van der Waals surface area contributed by atoms with Gasteiger partial charge in [0.15, 0.2) is 11.6 Å². The molecular formula is C21H18F2N2O2. The fourth-order valence-electron chi connectivity index (χ4n) is 3.29. The molecule has 1 N–H and O–H groups in total. The molecule has 0 radical (unpaired) electrons. The molecule has 1 aliphatic carbocycles. The van der Waals surface area contributed by atoms with Crippen LogP contribution in [0.2, 0.25) is 0 Å². The van der Waals surface area contributed by atoms with E-state index in [0.717, 1.165) is 16.7 Å². The SMILES string of the molecule is COc1cc2cc(C3=CCC(F)C=C3)n(-c3cccc(CO)n3)c2cc1F. The molecule has 0 aliphatic heterocycles. The van der Waals surface area contributed by atoms with Crippen LogP contribution in [0.25, 0.3) is 22.3 Å². The molecule has 3 aromatic rings. The highest BCUT2D eigenvalue weighted by Gasteiger charge is 2.19. The minimum Gasteiger partial charge on any atom is -0.494 e. The lowest BCUT2D eigenvalue weighted by Gasteiger charge is -2.14. The normalized spacial score (nSPS) is 16.6. The molecule has 2 aromatic heterocycles. The molecule has 0 bridgehead atoms. The highest BCUT2D eigenvalue weighted by molar-refractivity contribution is 5.90. The molecule has 1 aliphatic rings. The van der Waals surface area contributed by atoms with Crippen molar-refractivity contribution in [3.05, 3.63) is 71.8 Å². The summed E-state index contributed by atoms with van der Waals surface area (Å²) in [6, 6.07) is 10.2. The van der Waals surface area contributed by atoms with Crippen molar-refractivity contribution in [2.24, 2.45) is 0 Å². The van der Waals surface area contributed by atoms with Gasteiger partial charge in [-0.15, -0.1) is 0 Å². The van der Waals surface area contributed by atoms with E-state index < -0.39 is 12.0 Å². The van der Waals surface area contributed by atoms with Gasteiger partial charge in [-0.2, -0.15) is 0 Å². The van der Waals surface area contributed by atoms with Crippen LogP contribution in [0.4, 0.5) is 8.78 Å². The summed E-state index contributed by atoms with van der Waals surface area (Å²) < 4.78 is 34.8. The number of hydrogen-bond donors (Lipinski definition) is 1. The summed E-state index contributed by atoms with van der Waals surface area (Å²) in [5.74, 6) is 0.222. The van der Waals surface area contributed by atoms with Crippen molar-refractivity contribution in [1.29, 1.82) is 0 Å². The Bertz CT molecular complexity index is 1070. The molecule has 1 unspecified atom stereocenters. The van der Waals surface area contributed by atoms with Gasteiger partial charge in [0, 0.05) is 17.9 Å². The van der Waals surface area contributed by atoms with Crippen LogP contribution in [0.3, 0.4) is 0 Å². The number of aliphatic hydroxyl groups is 1. The van der Waals surface area contributed by atoms with Crippen LogP contribution in [0, 0.1) is 5.82 Å². The number of methoxy groups -OCH3 is 1. The van der Waals surface area contributed by atoms with Gasteiger partial charge in [0.1, 0.15) is 12.0 Å². The number of benzene rings is 1. The van der Waals surface area contributed by atoms with Crippen molar-refractivity contribution in [1.82, 2.24) is 9.55 Å². The van der Waals surface area contributed by atoms with E-state index in [1.54, 1.807) is 30.3 Å². The summed E-state index contributed by atoms with van der Waals surface area (Å²) in [6.45, 7) is -0.198. The minimum atomic E-state index is -1.00. The topological polar surface area (TPSA) is 47.3 Å². The van der Waals surface area contributed by atoms with Crippen molar-refractivity contribution in [2.45, 2.75) is 19.2 Å². The number of nitrogens with zero attached hydrogens (tertiary/aromatic N) is 2. The zero-order chi connectivity index (χ0) is 19.0. The maximum absolute atomic E-state index is 14.4. The quantitative estimate of drug-likeness (QED) is 0.745. The molecule has 0 saturated heterocycles. The molecule has 27 heavy (non-hydrogen) atoms. The lowest BCUT2D eigenvalue weighted by Crippen LogP contribution is -2.06. The Morgan fingerprint density at radius 3 is 2.85 bits per heavy atom. The van der Waals surface area contributed by atoms with Crippen LogP contribution in [0.1, 0.15) is 17.8 Å². The first-order chi connectivity index (χ1) is 13.1. The molecule has 138 valence electrons. The van der Waals surface area contributed by atoms with Crippen LogP contribution in [0.5, 0.6) is 5.75 Å². The number of ether oxygens (including phenoxy) is 1. The minimum absolute atomic E-state index is 0.153. The zero-order valence-corrected chi connectivity index (χ0v) is 14.7. The Hall–Kier alpha value is -2.99. The zero-order valence-electron chi connectivity index (χ0n) is 14.7. The third kappa shape index (κ3) is 3.13. The molecule has 0 fully saturated rings. The molecule has 0 spiro atoms. The number of rotatable bonds is 4. The Morgan fingerprint density at radius 2 is 2.15 bits per heavy atom. The third-order valence-electron chi connectivity index (χ3n) is 4.60. The second-order valence-corrected chi connectivity index (χ2v) is 6.33. The first-order valence-corrected chi connectivity index (χ1v) is 8.59. The molecule has 1 aromatic carbocycles. The predicted octanol–water partition coefficient (Wildman–Crippen LogP) is 4.35. The maximum Gasteiger partial charge on any atom is 0.167 e. The van der Waals surface area contributed by atoms with E-state index in [2.05, 4.69) is 4.98 Å². The lowest BCUT2D eigenvalue weighted by molar-refractivity contribution is 0.277. The molecule has 6 heteroatoms. The number of hydrogen-bond acceptors (Lipinski definition) is 3. The van der Waals surface area contributed by atoms with Crippen LogP contribution in [0.15, 0.2) is 54.6 Å². The summed E-state index contributed by atoms with van der Waals surface area (Å²) in [6.07, 6.45) is 4.34. The number of alkyl halides is 1. The number of allylic oxidation sites excluding steroid dienone is 4. The molecule has 2 heterocycles. The summed E-state index contributed by atoms with van der Waals surface area (Å²) in [5.41, 5.74) is 2.72. The van der Waals surface area contributed by atoms with E-state index in [-0.39, 0.29) is 18.8 Å². The van der Waals surface area contributed by atoms with Gasteiger partial charge in [0.2, 0.25) is 0 Å². The Balaban J connectivity index is 1.99. The van der Waals surface area contributed by atoms with E-state index in [0.29, 0.717) is 17.0 Å². The summed E-state index contributed by atoms with van der Waals surface area (Å²) in [7, 11) is 1.42. The largest absolute Gasteiger partial charge is 0.494 e. The maximum atomic E-state index is 14.4. The van der Waals surface area contributed by atoms with Gasteiger partial charge in [-0.3, -0.25) is 4.57 Å². The summed E-state index contributed by atoms with van der Waals surface area (Å²) >= 11 is 0. The Kier molecular flexibility index (Phi) is 4.49. The standard InChI is InChI=1S/C21H18F2N2O2/c1-27-20-10-14-9-18(13-5-7-15(22)8-6-13)25(19(14)11-17(20)23)21-4-2-3-16(12-26)24-21/h2-7,9-11,15,26H,8,12H2,1H3. The van der Waals surface area contributed by atoms with Crippen molar-refractivity contribution < 1.29 is 18.6 Å². The molecule has 4 rings (SSSR count). The van der Waals surface area contributed by atoms with Gasteiger partial charge in [0.05, 0.1) is 30.6 Å². The second-order valence-electron chi connectivity index (χ2n) is 6.33. The number of halogens is 2. The number of pyridine rings is 1. The van der Waals surface area contributed by atoms with Gasteiger partial charge in [-0.05, 0) is 35.9 Å². The van der Waals surface area contributed by atoms with E-state index in [1.807, 2.05) is 16.7 Å². The van der Waals surface area contributed by atoms with Crippen molar-refractivity contribution in [2.75, 3.05) is 7.11 Å². The van der Waals surface area contributed by atoms with Crippen LogP contribution < -0.4 is 4.74 Å². The average Bonchev–Trinajstić information content (AvgIpc) is 3.06. The van der Waals surface area contributed by atoms with Crippen molar-refractivity contribution >= 4 is 16.5 Å². The number of fused-ring (bicyclic) bond motifs is 1. The van der Waals surface area contributed by atoms with Crippen LogP contribution in [-0.4, -0.2) is 27.9 Å². The van der Waals surface area contributed by atoms with Crippen LogP contribution in [-0.2, 0) is 6.61 Å². The first kappa shape index (κ1) is 17.4. The lowest BCUT2D eigenvalue weighted by atomic mass is 10.0. The Morgan fingerprint density at radius 1 is 1.30 bits per heavy atom. The van der Waals surface area contributed by atoms with E-state index >= 15 is 0 Å². The second kappa shape index (κ2) is 6.96. The monoisotopic (exact) mass is 368 g/mol. The highest BCUT2D eigenvalue weighted by atomic mass is 19.1. The van der Waals surface area contributed by atoms with Crippen LogP contribution >= 0.6 is 0 Å². The van der Waals surface area contributed by atoms with Gasteiger partial charge in [-0.25, -0.2) is 13.8 Å². The predicted molar refractivity (Wildman–Crippen MR) is 100 cm³/mol. The fourth-order valence-corrected chi connectivity index (χ4v) is 3.29. The molecule has 4 nitrogen and oxygen atoms in total. The van der Waals surface area contributed by atoms with Gasteiger partial charge >= 0.3 is 0 Å². The molecule has 1 atom stereocenters. The van der Waals surface area contributed by atoms with Crippen molar-refractivity contribution in [3.63, 3.8) is 0 Å². The fraction of sp³-hybridized carbons (Fsp3) is 0.190. The summed E-state index contributed by atoms with van der Waals surface area (Å²) in [4.78, 5) is 4.46. The smallest absolute Gasteiger partial charge is 0.167 e. The number of aliphatic hydroxyl groups excluding tert-OH is 1. The number of aromatic nitrogens is 2. The third-order valence-corrected chi connectivity index (χ3v) is 4.60. The summed E-state index contributed by atoms with van der Waals surface area (Å²) in [5, 5.41) is 10.2. The molecule has 0 saturated carbocycles. The average molecular weight is 368 g/mol. The van der Waals surface area contributed by atoms with E-state index in [4.69, 9.17) is 4.74 Å². The highest BCUT2D eigenvalue weighted by Crippen LogP contribution is 2.34. The van der Waals surface area contributed by atoms with Crippen molar-refractivity contribution in [3.8, 4) is 11.6 Å². The van der Waals surface area contributed by atoms with E-state index in [9.17, 15) is 13.9 Å². The van der Waals surface area contributed by atoms with Gasteiger partial charge in [-0.1, -0.05) is 18.2 Å². The van der Waals surface area contributed by atoms with E-state index in [1.165, 1.54) is 19.3 Å². The Labute approximate surface area is 155 Å². The first-order valence-electron chi connectivity index (χ1n) is 8.59.